The minimum Gasteiger partial charge on any atom is -0.379 e. The van der Waals surface area contributed by atoms with Gasteiger partial charge >= 0.3 is 0 Å². The highest BCUT2D eigenvalue weighted by atomic mass is 16.5. The van der Waals surface area contributed by atoms with Crippen LogP contribution in [0.2, 0.25) is 0 Å². The van der Waals surface area contributed by atoms with E-state index < -0.39 is 0 Å². The van der Waals surface area contributed by atoms with Crippen LogP contribution < -0.4 is 5.32 Å². The highest BCUT2D eigenvalue weighted by Crippen LogP contribution is 1.98. The summed E-state index contributed by atoms with van der Waals surface area (Å²) in [5, 5.41) is 3.50. The highest BCUT2D eigenvalue weighted by molar-refractivity contribution is 5.14. The fourth-order valence-electron chi connectivity index (χ4n) is 2.06. The molecule has 1 aliphatic heterocycles. The summed E-state index contributed by atoms with van der Waals surface area (Å²) in [7, 11) is 0. The van der Waals surface area contributed by atoms with Crippen molar-refractivity contribution in [1.82, 2.24) is 10.2 Å². The van der Waals surface area contributed by atoms with E-state index in [4.69, 9.17) is 4.74 Å². The molecule has 1 saturated heterocycles. The number of ether oxygens (including phenoxy) is 1. The number of rotatable bonds is 6. The van der Waals surface area contributed by atoms with E-state index in [2.05, 4.69) is 40.5 Å². The van der Waals surface area contributed by atoms with Crippen molar-refractivity contribution in [3.05, 3.63) is 35.9 Å². The van der Waals surface area contributed by atoms with Gasteiger partial charge in [0.1, 0.15) is 0 Å². The van der Waals surface area contributed by atoms with Crippen LogP contribution in [0.1, 0.15) is 5.56 Å². The van der Waals surface area contributed by atoms with E-state index in [9.17, 15) is 0 Å². The maximum absolute atomic E-state index is 5.32. The van der Waals surface area contributed by atoms with Crippen LogP contribution in [0.3, 0.4) is 0 Å². The topological polar surface area (TPSA) is 24.5 Å². The second-order valence-corrected chi connectivity index (χ2v) is 4.44. The van der Waals surface area contributed by atoms with Crippen molar-refractivity contribution in [3.8, 4) is 0 Å². The van der Waals surface area contributed by atoms with E-state index in [1.807, 2.05) is 0 Å². The van der Waals surface area contributed by atoms with Crippen molar-refractivity contribution >= 4 is 0 Å². The highest BCUT2D eigenvalue weighted by Gasteiger charge is 2.08. The maximum atomic E-state index is 5.32. The summed E-state index contributed by atoms with van der Waals surface area (Å²) in [6.07, 6.45) is 1.12. The molecule has 0 unspecified atom stereocenters. The molecule has 1 aliphatic rings. The second kappa shape index (κ2) is 7.43. The van der Waals surface area contributed by atoms with Gasteiger partial charge in [0.15, 0.2) is 0 Å². The lowest BCUT2D eigenvalue weighted by molar-refractivity contribution is 0.0385. The Morgan fingerprint density at radius 3 is 2.59 bits per heavy atom. The Hall–Kier alpha value is -0.900. The van der Waals surface area contributed by atoms with Gasteiger partial charge in [-0.1, -0.05) is 30.3 Å². The molecule has 3 nitrogen and oxygen atoms in total. The smallest absolute Gasteiger partial charge is 0.0594 e. The van der Waals surface area contributed by atoms with E-state index in [0.717, 1.165) is 52.4 Å². The molecule has 0 bridgehead atoms. The average Bonchev–Trinajstić information content (AvgIpc) is 2.41. The second-order valence-electron chi connectivity index (χ2n) is 4.44. The van der Waals surface area contributed by atoms with Crippen molar-refractivity contribution in [3.63, 3.8) is 0 Å². The first kappa shape index (κ1) is 12.6. The van der Waals surface area contributed by atoms with Gasteiger partial charge in [0, 0.05) is 26.2 Å². The molecule has 1 fully saturated rings. The Morgan fingerprint density at radius 2 is 1.82 bits per heavy atom. The number of benzene rings is 1. The first-order valence-electron chi connectivity index (χ1n) is 6.50. The van der Waals surface area contributed by atoms with E-state index >= 15 is 0 Å². The monoisotopic (exact) mass is 234 g/mol. The van der Waals surface area contributed by atoms with E-state index in [-0.39, 0.29) is 0 Å². The lowest BCUT2D eigenvalue weighted by Gasteiger charge is -2.26. The Balaban J connectivity index is 1.51. The molecule has 0 saturated carbocycles. The summed E-state index contributed by atoms with van der Waals surface area (Å²) in [6, 6.07) is 10.6. The van der Waals surface area contributed by atoms with Crippen molar-refractivity contribution < 1.29 is 4.74 Å². The molecule has 2 rings (SSSR count). The fourth-order valence-corrected chi connectivity index (χ4v) is 2.06. The first-order valence-corrected chi connectivity index (χ1v) is 6.50. The summed E-state index contributed by atoms with van der Waals surface area (Å²) < 4.78 is 5.32. The largest absolute Gasteiger partial charge is 0.379 e. The average molecular weight is 234 g/mol. The molecule has 3 heteroatoms. The van der Waals surface area contributed by atoms with Crippen molar-refractivity contribution in [2.45, 2.75) is 6.42 Å². The van der Waals surface area contributed by atoms with Crippen LogP contribution in [0.4, 0.5) is 0 Å². The lowest BCUT2D eigenvalue weighted by Crippen LogP contribution is -2.40. The number of hydrogen-bond donors (Lipinski definition) is 1. The molecular formula is C14H22N2O. The van der Waals surface area contributed by atoms with Gasteiger partial charge in [-0.15, -0.1) is 0 Å². The van der Waals surface area contributed by atoms with Crippen LogP contribution in [-0.4, -0.2) is 50.8 Å². The van der Waals surface area contributed by atoms with E-state index in [0.29, 0.717) is 0 Å². The van der Waals surface area contributed by atoms with Gasteiger partial charge in [0.25, 0.3) is 0 Å². The van der Waals surface area contributed by atoms with Gasteiger partial charge in [-0.3, -0.25) is 4.90 Å². The third-order valence-corrected chi connectivity index (χ3v) is 3.14. The van der Waals surface area contributed by atoms with Crippen LogP contribution in [0, 0.1) is 0 Å². The summed E-state index contributed by atoms with van der Waals surface area (Å²) in [4.78, 5) is 2.46. The van der Waals surface area contributed by atoms with E-state index in [1.165, 1.54) is 5.56 Å². The Kier molecular flexibility index (Phi) is 5.49. The molecule has 0 atom stereocenters. The van der Waals surface area contributed by atoms with Crippen molar-refractivity contribution in [2.75, 3.05) is 45.9 Å². The number of nitrogens with one attached hydrogen (secondary N) is 1. The fraction of sp³-hybridized carbons (Fsp3) is 0.571. The lowest BCUT2D eigenvalue weighted by atomic mass is 10.1. The van der Waals surface area contributed by atoms with Gasteiger partial charge < -0.3 is 10.1 Å². The number of nitrogens with zero attached hydrogens (tertiary/aromatic N) is 1. The molecule has 0 aliphatic carbocycles. The molecule has 0 amide bonds. The van der Waals surface area contributed by atoms with Crippen molar-refractivity contribution in [2.24, 2.45) is 0 Å². The first-order chi connectivity index (χ1) is 8.45. The normalized spacial score (nSPS) is 17.2. The zero-order valence-corrected chi connectivity index (χ0v) is 10.4. The summed E-state index contributed by atoms with van der Waals surface area (Å²) in [5.41, 5.74) is 1.41. The van der Waals surface area contributed by atoms with Crippen LogP contribution in [0.25, 0.3) is 0 Å². The SMILES string of the molecule is c1ccc(CCNCCN2CCOCC2)cc1. The molecule has 17 heavy (non-hydrogen) atoms. The van der Waals surface area contributed by atoms with Gasteiger partial charge in [-0.05, 0) is 18.5 Å². The molecule has 94 valence electrons. The van der Waals surface area contributed by atoms with Gasteiger partial charge in [0.05, 0.1) is 13.2 Å². The van der Waals surface area contributed by atoms with Crippen LogP contribution >= 0.6 is 0 Å². The molecule has 0 spiro atoms. The standard InChI is InChI=1S/C14H22N2O/c1-2-4-14(5-3-1)6-7-15-8-9-16-10-12-17-13-11-16/h1-5,15H,6-13H2. The van der Waals surface area contributed by atoms with Gasteiger partial charge in [-0.2, -0.15) is 0 Å². The molecule has 0 aromatic heterocycles. The third kappa shape index (κ3) is 4.86. The Bertz CT molecular complexity index is 296. The molecular weight excluding hydrogens is 212 g/mol. The minimum absolute atomic E-state index is 0.893. The van der Waals surface area contributed by atoms with Crippen LogP contribution in [0.15, 0.2) is 30.3 Å². The molecule has 1 heterocycles. The molecule has 1 aromatic rings. The predicted molar refractivity (Wildman–Crippen MR) is 70.3 cm³/mol. The summed E-state index contributed by atoms with van der Waals surface area (Å²) in [5.74, 6) is 0. The minimum atomic E-state index is 0.893. The van der Waals surface area contributed by atoms with Gasteiger partial charge in [-0.25, -0.2) is 0 Å². The predicted octanol–water partition coefficient (Wildman–Crippen LogP) is 1.15. The third-order valence-electron chi connectivity index (χ3n) is 3.14. The van der Waals surface area contributed by atoms with Crippen molar-refractivity contribution in [1.29, 1.82) is 0 Å². The van der Waals surface area contributed by atoms with Gasteiger partial charge in [0.2, 0.25) is 0 Å². The maximum Gasteiger partial charge on any atom is 0.0594 e. The summed E-state index contributed by atoms with van der Waals surface area (Å²) >= 11 is 0. The number of hydrogen-bond acceptors (Lipinski definition) is 3. The molecule has 1 N–H and O–H groups in total. The zero-order valence-electron chi connectivity index (χ0n) is 10.4. The Morgan fingerprint density at radius 1 is 1.06 bits per heavy atom. The van der Waals surface area contributed by atoms with Crippen LogP contribution in [-0.2, 0) is 11.2 Å². The zero-order chi connectivity index (χ0) is 11.8. The Labute approximate surface area is 104 Å². The summed E-state index contributed by atoms with van der Waals surface area (Å²) in [6.45, 7) is 7.23. The number of morpholine rings is 1. The molecule has 0 radical (unpaired) electrons. The van der Waals surface area contributed by atoms with E-state index in [1.54, 1.807) is 0 Å². The molecule has 1 aromatic carbocycles. The quantitative estimate of drug-likeness (QED) is 0.747. The van der Waals surface area contributed by atoms with Crippen LogP contribution in [0.5, 0.6) is 0 Å².